The Labute approximate surface area is 276 Å². The summed E-state index contributed by atoms with van der Waals surface area (Å²) in [6.07, 6.45) is 0.725. The lowest BCUT2D eigenvalue weighted by atomic mass is 9.89. The van der Waals surface area contributed by atoms with E-state index in [-0.39, 0.29) is 36.2 Å². The maximum atomic E-state index is 14.0. The summed E-state index contributed by atoms with van der Waals surface area (Å²) in [5.41, 5.74) is 2.63. The number of aromatic nitrogens is 1. The monoisotopic (exact) mass is 673 g/mol. The smallest absolute Gasteiger partial charge is 0.412 e. The first-order valence-corrected chi connectivity index (χ1v) is 15.5. The van der Waals surface area contributed by atoms with Crippen molar-refractivity contribution in [3.8, 4) is 0 Å². The molecule has 1 aromatic heterocycles. The molecule has 1 atom stereocenters. The number of likely N-dealkylation sites (tertiary alicyclic amines) is 1. The minimum Gasteiger partial charge on any atom is -0.447 e. The summed E-state index contributed by atoms with van der Waals surface area (Å²) in [6, 6.07) is 8.95. The van der Waals surface area contributed by atoms with Crippen LogP contribution in [-0.2, 0) is 25.6 Å². The van der Waals surface area contributed by atoms with Crippen LogP contribution < -0.4 is 10.7 Å². The number of ether oxygens (including phenoxy) is 2. The van der Waals surface area contributed by atoms with E-state index >= 15 is 0 Å². The quantitative estimate of drug-likeness (QED) is 0.242. The van der Waals surface area contributed by atoms with Gasteiger partial charge in [0.15, 0.2) is 0 Å². The fourth-order valence-corrected chi connectivity index (χ4v) is 5.37. The van der Waals surface area contributed by atoms with E-state index in [1.54, 1.807) is 37.8 Å². The zero-order valence-corrected chi connectivity index (χ0v) is 27.4. The van der Waals surface area contributed by atoms with E-state index in [1.165, 1.54) is 48.5 Å². The maximum Gasteiger partial charge on any atom is 0.412 e. The van der Waals surface area contributed by atoms with Gasteiger partial charge in [-0.15, -0.1) is 0 Å². The number of nitrogens with zero attached hydrogens (tertiary/aromatic N) is 3. The van der Waals surface area contributed by atoms with Gasteiger partial charge in [-0.25, -0.2) is 28.8 Å². The topological polar surface area (TPSA) is 130 Å². The molecule has 0 radical (unpaired) electrons. The number of ketones is 1. The van der Waals surface area contributed by atoms with Crippen LogP contribution in [0.4, 0.5) is 24.2 Å². The minimum absolute atomic E-state index is 0.0566. The van der Waals surface area contributed by atoms with Crippen molar-refractivity contribution in [2.75, 3.05) is 25.0 Å². The molecule has 0 aliphatic carbocycles. The van der Waals surface area contributed by atoms with Gasteiger partial charge in [0.05, 0.1) is 11.1 Å². The van der Waals surface area contributed by atoms with Crippen molar-refractivity contribution >= 4 is 52.1 Å². The lowest BCUT2D eigenvalue weighted by Gasteiger charge is -2.35. The predicted octanol–water partition coefficient (Wildman–Crippen LogP) is 6.24. The third kappa shape index (κ3) is 10.1. The zero-order chi connectivity index (χ0) is 34.3. The SMILES string of the molecule is CC(=O)N(NCc1cccc(F)c1Cl)[C@H](COC(=O)Nc1cc2cc(F)ccc2cn1)CC(=O)C1CCN(C(=O)OC(C)(C)C)CC1. The van der Waals surface area contributed by atoms with Gasteiger partial charge in [-0.3, -0.25) is 19.9 Å². The number of Topliss-reactive ketones (excluding diaryl/α,β-unsaturated/α-hetero) is 1. The normalized spacial score (nSPS) is 14.4. The van der Waals surface area contributed by atoms with Crippen molar-refractivity contribution < 1.29 is 37.4 Å². The van der Waals surface area contributed by atoms with E-state index in [4.69, 9.17) is 21.1 Å². The number of rotatable bonds is 10. The molecule has 1 aliphatic heterocycles. The molecule has 0 saturated carbocycles. The molecule has 4 rings (SSSR count). The highest BCUT2D eigenvalue weighted by atomic mass is 35.5. The van der Waals surface area contributed by atoms with Crippen molar-refractivity contribution in [3.63, 3.8) is 0 Å². The van der Waals surface area contributed by atoms with E-state index < -0.39 is 47.3 Å². The van der Waals surface area contributed by atoms with Gasteiger partial charge in [0, 0.05) is 50.5 Å². The van der Waals surface area contributed by atoms with Crippen LogP contribution >= 0.6 is 11.6 Å². The van der Waals surface area contributed by atoms with Crippen molar-refractivity contribution in [2.45, 2.75) is 65.1 Å². The third-order valence-electron chi connectivity index (χ3n) is 7.54. The standard InChI is InChI=1S/C33H38ClF2N5O6/c1-20(42)41(38-18-23-6-5-7-27(36)30(23)34)26(16-28(43)21-10-12-40(13-11-21)32(45)47-33(2,3)4)19-46-31(44)39-29-15-24-14-25(35)9-8-22(24)17-37-29/h5-9,14-15,17,21,26,38H,10-13,16,18-19H2,1-4H3,(H,37,39,44)/t26-/m0/s1. The molecule has 11 nitrogen and oxygen atoms in total. The largest absolute Gasteiger partial charge is 0.447 e. The van der Waals surface area contributed by atoms with Crippen LogP contribution in [0.1, 0.15) is 52.5 Å². The molecule has 1 saturated heterocycles. The van der Waals surface area contributed by atoms with Crippen LogP contribution in [0.25, 0.3) is 10.8 Å². The molecular formula is C33H38ClF2N5O6. The number of nitrogens with one attached hydrogen (secondary N) is 2. The summed E-state index contributed by atoms with van der Waals surface area (Å²) in [5, 5.41) is 4.71. The van der Waals surface area contributed by atoms with Gasteiger partial charge in [-0.05, 0) is 74.9 Å². The summed E-state index contributed by atoms with van der Waals surface area (Å²) >= 11 is 6.10. The highest BCUT2D eigenvalue weighted by Gasteiger charge is 2.33. The average molecular weight is 674 g/mol. The molecule has 1 aliphatic rings. The van der Waals surface area contributed by atoms with Gasteiger partial charge >= 0.3 is 12.2 Å². The van der Waals surface area contributed by atoms with Crippen molar-refractivity contribution in [1.82, 2.24) is 20.3 Å². The number of benzene rings is 2. The summed E-state index contributed by atoms with van der Waals surface area (Å²) in [4.78, 5) is 57.3. The summed E-state index contributed by atoms with van der Waals surface area (Å²) < 4.78 is 38.6. The molecule has 0 unspecified atom stereocenters. The molecule has 2 aromatic carbocycles. The van der Waals surface area contributed by atoms with Gasteiger partial charge in [0.25, 0.3) is 0 Å². The Morgan fingerprint density at radius 1 is 1.09 bits per heavy atom. The van der Waals surface area contributed by atoms with Gasteiger partial charge in [-0.2, -0.15) is 0 Å². The summed E-state index contributed by atoms with van der Waals surface area (Å²) in [6.45, 7) is 6.81. The summed E-state index contributed by atoms with van der Waals surface area (Å²) in [7, 11) is 0. The molecule has 252 valence electrons. The number of amides is 3. The van der Waals surface area contributed by atoms with E-state index in [1.807, 2.05) is 0 Å². The first-order valence-electron chi connectivity index (χ1n) is 15.2. The first kappa shape index (κ1) is 35.5. The molecule has 3 aromatic rings. The Bertz CT molecular complexity index is 1630. The highest BCUT2D eigenvalue weighted by molar-refractivity contribution is 6.31. The number of piperidine rings is 1. The molecule has 3 amide bonds. The molecule has 0 spiro atoms. The molecule has 1 fully saturated rings. The van der Waals surface area contributed by atoms with Crippen molar-refractivity contribution in [1.29, 1.82) is 0 Å². The van der Waals surface area contributed by atoms with Gasteiger partial charge in [-0.1, -0.05) is 23.7 Å². The van der Waals surface area contributed by atoms with Crippen LogP contribution in [0.15, 0.2) is 48.7 Å². The number of hydrogen-bond donors (Lipinski definition) is 2. The molecule has 14 heteroatoms. The lowest BCUT2D eigenvalue weighted by Crippen LogP contribution is -2.52. The Morgan fingerprint density at radius 3 is 2.49 bits per heavy atom. The van der Waals surface area contributed by atoms with Gasteiger partial charge in [0.2, 0.25) is 5.91 Å². The second kappa shape index (κ2) is 15.5. The van der Waals surface area contributed by atoms with Crippen LogP contribution in [0.3, 0.4) is 0 Å². The fourth-order valence-electron chi connectivity index (χ4n) is 5.18. The van der Waals surface area contributed by atoms with Crippen molar-refractivity contribution in [2.24, 2.45) is 5.92 Å². The second-order valence-electron chi connectivity index (χ2n) is 12.3. The molecular weight excluding hydrogens is 636 g/mol. The van der Waals surface area contributed by atoms with Crippen LogP contribution in [-0.4, -0.2) is 70.1 Å². The zero-order valence-electron chi connectivity index (χ0n) is 26.6. The number of fused-ring (bicyclic) bond motifs is 1. The predicted molar refractivity (Wildman–Crippen MR) is 171 cm³/mol. The van der Waals surface area contributed by atoms with Crippen LogP contribution in [0, 0.1) is 17.6 Å². The number of carbonyl (C=O) groups is 4. The Kier molecular flexibility index (Phi) is 11.7. The number of carbonyl (C=O) groups excluding carboxylic acids is 4. The van der Waals surface area contributed by atoms with E-state index in [9.17, 15) is 28.0 Å². The van der Waals surface area contributed by atoms with Gasteiger partial charge < -0.3 is 14.4 Å². The lowest BCUT2D eigenvalue weighted by molar-refractivity contribution is -0.138. The Morgan fingerprint density at radius 2 is 1.81 bits per heavy atom. The fraction of sp³-hybridized carbons (Fsp3) is 0.424. The highest BCUT2D eigenvalue weighted by Crippen LogP contribution is 2.24. The van der Waals surface area contributed by atoms with Crippen LogP contribution in [0.2, 0.25) is 5.02 Å². The Hall–Kier alpha value is -4.36. The second-order valence-corrected chi connectivity index (χ2v) is 12.7. The molecule has 47 heavy (non-hydrogen) atoms. The number of halogens is 3. The molecule has 2 N–H and O–H groups in total. The van der Waals surface area contributed by atoms with Gasteiger partial charge in [0.1, 0.15) is 35.4 Å². The summed E-state index contributed by atoms with van der Waals surface area (Å²) in [5.74, 6) is -2.04. The van der Waals surface area contributed by atoms with Crippen LogP contribution in [0.5, 0.6) is 0 Å². The minimum atomic E-state index is -0.958. The van der Waals surface area contributed by atoms with E-state index in [0.717, 1.165) is 0 Å². The van der Waals surface area contributed by atoms with Crippen molar-refractivity contribution in [3.05, 3.63) is 70.9 Å². The number of hydrazine groups is 1. The first-order chi connectivity index (χ1) is 22.2. The third-order valence-corrected chi connectivity index (χ3v) is 7.96. The van der Waals surface area contributed by atoms with E-state index in [2.05, 4.69) is 15.7 Å². The Balaban J connectivity index is 1.45. The average Bonchev–Trinajstić information content (AvgIpc) is 3.00. The number of anilines is 1. The molecule has 2 heterocycles. The number of hydrogen-bond acceptors (Lipinski definition) is 8. The number of pyridine rings is 1. The maximum absolute atomic E-state index is 14.0. The van der Waals surface area contributed by atoms with E-state index in [0.29, 0.717) is 42.3 Å². The molecule has 0 bridgehead atoms.